The molecule has 0 fully saturated rings. The number of hydrogen-bond donors (Lipinski definition) is 2. The first kappa shape index (κ1) is 9.99. The molecule has 1 aliphatic carbocycles. The molecular weight excluding hydrogens is 244 g/mol. The topological polar surface area (TPSA) is 63.8 Å². The van der Waals surface area contributed by atoms with Crippen molar-refractivity contribution in [1.82, 2.24) is 9.97 Å². The van der Waals surface area contributed by atoms with Crippen molar-refractivity contribution in [3.8, 4) is 11.1 Å². The van der Waals surface area contributed by atoms with Gasteiger partial charge >= 0.3 is 0 Å². The maximum absolute atomic E-state index is 5.55. The summed E-state index contributed by atoms with van der Waals surface area (Å²) >= 11 is 1.73. The normalized spacial score (nSPS) is 12.5. The molecule has 2 heterocycles. The van der Waals surface area contributed by atoms with Gasteiger partial charge in [0.25, 0.3) is 0 Å². The maximum Gasteiger partial charge on any atom is 0.152 e. The first-order valence-electron chi connectivity index (χ1n) is 5.69. The summed E-state index contributed by atoms with van der Waals surface area (Å²) in [5.41, 5.74) is 6.57. The van der Waals surface area contributed by atoms with E-state index in [9.17, 15) is 0 Å². The van der Waals surface area contributed by atoms with E-state index in [1.807, 2.05) is 0 Å². The lowest BCUT2D eigenvalue weighted by molar-refractivity contribution is 1.19. The average molecular weight is 254 g/mol. The van der Waals surface area contributed by atoms with E-state index < -0.39 is 0 Å². The quantitative estimate of drug-likeness (QED) is 0.405. The van der Waals surface area contributed by atoms with Crippen LogP contribution in [0.4, 0.5) is 5.82 Å². The van der Waals surface area contributed by atoms with E-state index in [1.54, 1.807) is 17.7 Å². The zero-order valence-electron chi connectivity index (χ0n) is 9.47. The number of fused-ring (bicyclic) bond motifs is 5. The fourth-order valence-corrected chi connectivity index (χ4v) is 3.77. The van der Waals surface area contributed by atoms with Crippen molar-refractivity contribution in [3.63, 3.8) is 0 Å². The first-order chi connectivity index (χ1) is 8.88. The van der Waals surface area contributed by atoms with Crippen molar-refractivity contribution in [2.75, 3.05) is 5.43 Å². The van der Waals surface area contributed by atoms with E-state index in [0.717, 1.165) is 16.6 Å². The summed E-state index contributed by atoms with van der Waals surface area (Å²) in [6.07, 6.45) is 2.53. The zero-order valence-corrected chi connectivity index (χ0v) is 10.3. The van der Waals surface area contributed by atoms with Gasteiger partial charge in [0.15, 0.2) is 5.82 Å². The van der Waals surface area contributed by atoms with Gasteiger partial charge in [-0.1, -0.05) is 24.3 Å². The van der Waals surface area contributed by atoms with Crippen LogP contribution in [0.2, 0.25) is 0 Å². The van der Waals surface area contributed by atoms with Crippen molar-refractivity contribution in [2.24, 2.45) is 5.84 Å². The molecule has 1 aliphatic rings. The predicted octanol–water partition coefficient (Wildman–Crippen LogP) is 2.55. The molecule has 4 nitrogen and oxygen atoms in total. The molecule has 0 saturated carbocycles. The summed E-state index contributed by atoms with van der Waals surface area (Å²) in [5.74, 6) is 6.26. The van der Waals surface area contributed by atoms with Gasteiger partial charge in [-0.25, -0.2) is 15.8 Å². The fourth-order valence-electron chi connectivity index (χ4n) is 2.59. The molecule has 3 N–H and O–H groups in total. The molecule has 3 aromatic rings. The SMILES string of the molecule is NNc1ncnc2sc3c(c12)-c1ccccc1C3. The number of hydrazine groups is 1. The number of aromatic nitrogens is 2. The number of anilines is 1. The molecule has 18 heavy (non-hydrogen) atoms. The van der Waals surface area contributed by atoms with E-state index in [1.165, 1.54) is 21.6 Å². The van der Waals surface area contributed by atoms with Crippen LogP contribution in [-0.4, -0.2) is 9.97 Å². The highest BCUT2D eigenvalue weighted by atomic mass is 32.1. The molecule has 88 valence electrons. The van der Waals surface area contributed by atoms with Crippen molar-refractivity contribution in [3.05, 3.63) is 41.0 Å². The first-order valence-corrected chi connectivity index (χ1v) is 6.51. The van der Waals surface area contributed by atoms with Crippen LogP contribution in [-0.2, 0) is 6.42 Å². The molecule has 5 heteroatoms. The van der Waals surface area contributed by atoms with Crippen LogP contribution in [0.3, 0.4) is 0 Å². The Bertz CT molecular complexity index is 763. The van der Waals surface area contributed by atoms with E-state index in [0.29, 0.717) is 5.82 Å². The number of rotatable bonds is 1. The molecule has 0 atom stereocenters. The summed E-state index contributed by atoms with van der Waals surface area (Å²) in [5, 5.41) is 1.05. The van der Waals surface area contributed by atoms with Crippen LogP contribution in [0.5, 0.6) is 0 Å². The van der Waals surface area contributed by atoms with Gasteiger partial charge in [0.1, 0.15) is 11.2 Å². The lowest BCUT2D eigenvalue weighted by Gasteiger charge is -2.03. The minimum atomic E-state index is 0.703. The van der Waals surface area contributed by atoms with Gasteiger partial charge < -0.3 is 5.43 Å². The molecular formula is C13H10N4S. The molecule has 0 radical (unpaired) electrons. The Balaban J connectivity index is 2.14. The van der Waals surface area contributed by atoms with Gasteiger partial charge in [-0.2, -0.15) is 0 Å². The Morgan fingerprint density at radius 2 is 2.11 bits per heavy atom. The highest BCUT2D eigenvalue weighted by Crippen LogP contribution is 2.47. The number of nitrogen functional groups attached to an aromatic ring is 1. The molecule has 4 rings (SSSR count). The van der Waals surface area contributed by atoms with Crippen molar-refractivity contribution >= 4 is 27.4 Å². The summed E-state index contributed by atoms with van der Waals surface area (Å²) in [4.78, 5) is 10.9. The minimum absolute atomic E-state index is 0.703. The standard InChI is InChI=1S/C13H10N4S/c14-17-12-11-10-8-4-2-1-3-7(8)5-9(10)18-13(11)16-6-15-12/h1-4,6H,5,14H2,(H,15,16,17). The van der Waals surface area contributed by atoms with Gasteiger partial charge in [0.05, 0.1) is 5.39 Å². The second-order valence-corrected chi connectivity index (χ2v) is 5.36. The Hall–Kier alpha value is -1.98. The lowest BCUT2D eigenvalue weighted by Crippen LogP contribution is -2.08. The van der Waals surface area contributed by atoms with Gasteiger partial charge in [-0.3, -0.25) is 0 Å². The van der Waals surface area contributed by atoms with Crippen molar-refractivity contribution in [1.29, 1.82) is 0 Å². The molecule has 0 amide bonds. The van der Waals surface area contributed by atoms with E-state index in [-0.39, 0.29) is 0 Å². The Labute approximate surface area is 107 Å². The smallest absolute Gasteiger partial charge is 0.152 e. The second-order valence-electron chi connectivity index (χ2n) is 4.28. The minimum Gasteiger partial charge on any atom is -0.308 e. The van der Waals surface area contributed by atoms with Crippen molar-refractivity contribution in [2.45, 2.75) is 6.42 Å². The predicted molar refractivity (Wildman–Crippen MR) is 73.5 cm³/mol. The van der Waals surface area contributed by atoms with Crippen LogP contribution in [0.1, 0.15) is 10.4 Å². The van der Waals surface area contributed by atoms with Crippen LogP contribution in [0, 0.1) is 0 Å². The number of nitrogens with two attached hydrogens (primary N) is 1. The number of hydrogen-bond acceptors (Lipinski definition) is 5. The van der Waals surface area contributed by atoms with Crippen LogP contribution in [0.15, 0.2) is 30.6 Å². The highest BCUT2D eigenvalue weighted by Gasteiger charge is 2.25. The fraction of sp³-hybridized carbons (Fsp3) is 0.0769. The van der Waals surface area contributed by atoms with E-state index >= 15 is 0 Å². The van der Waals surface area contributed by atoms with Crippen LogP contribution >= 0.6 is 11.3 Å². The lowest BCUT2D eigenvalue weighted by atomic mass is 10.1. The maximum atomic E-state index is 5.55. The van der Waals surface area contributed by atoms with Gasteiger partial charge in [-0.05, 0) is 11.1 Å². The zero-order chi connectivity index (χ0) is 12.1. The number of nitrogens with zero attached hydrogens (tertiary/aromatic N) is 2. The van der Waals surface area contributed by atoms with E-state index in [2.05, 4.69) is 39.7 Å². The average Bonchev–Trinajstić information content (AvgIpc) is 2.93. The third kappa shape index (κ3) is 1.17. The summed E-state index contributed by atoms with van der Waals surface area (Å²) < 4.78 is 0. The van der Waals surface area contributed by atoms with Gasteiger partial charge in [0, 0.05) is 16.9 Å². The molecule has 0 spiro atoms. The molecule has 0 unspecified atom stereocenters. The third-order valence-corrected chi connectivity index (χ3v) is 4.43. The Morgan fingerprint density at radius 1 is 1.22 bits per heavy atom. The molecule has 0 aliphatic heterocycles. The summed E-state index contributed by atoms with van der Waals surface area (Å²) in [6.45, 7) is 0. The largest absolute Gasteiger partial charge is 0.308 e. The monoisotopic (exact) mass is 254 g/mol. The molecule has 2 aromatic heterocycles. The Kier molecular flexibility index (Phi) is 1.95. The summed E-state index contributed by atoms with van der Waals surface area (Å²) in [6, 6.07) is 8.47. The Morgan fingerprint density at radius 3 is 3.00 bits per heavy atom. The van der Waals surface area contributed by atoms with Gasteiger partial charge in [0.2, 0.25) is 0 Å². The van der Waals surface area contributed by atoms with Crippen molar-refractivity contribution < 1.29 is 0 Å². The molecule has 0 bridgehead atoms. The van der Waals surface area contributed by atoms with Crippen LogP contribution < -0.4 is 11.3 Å². The van der Waals surface area contributed by atoms with E-state index in [4.69, 9.17) is 5.84 Å². The molecule has 0 saturated heterocycles. The van der Waals surface area contributed by atoms with Crippen LogP contribution in [0.25, 0.3) is 21.3 Å². The van der Waals surface area contributed by atoms with Gasteiger partial charge in [-0.15, -0.1) is 11.3 Å². The highest BCUT2D eigenvalue weighted by molar-refractivity contribution is 7.19. The third-order valence-electron chi connectivity index (χ3n) is 3.34. The number of thiophene rings is 1. The second kappa shape index (κ2) is 3.51. The molecule has 1 aromatic carbocycles. The summed E-state index contributed by atoms with van der Waals surface area (Å²) in [7, 11) is 0. The number of benzene rings is 1. The number of nitrogens with one attached hydrogen (secondary N) is 1.